The molecule has 2 rings (SSSR count). The molecule has 0 radical (unpaired) electrons. The molecule has 0 aromatic rings. The third-order valence-corrected chi connectivity index (χ3v) is 4.16. The van der Waals surface area contributed by atoms with Gasteiger partial charge in [0.25, 0.3) is 0 Å². The first-order chi connectivity index (χ1) is 6.48. The quantitative estimate of drug-likeness (QED) is 0.585. The summed E-state index contributed by atoms with van der Waals surface area (Å²) in [4.78, 5) is 5.18. The Morgan fingerprint density at radius 1 is 1.07 bits per heavy atom. The van der Waals surface area contributed by atoms with Crippen LogP contribution in [0.3, 0.4) is 0 Å². The first-order valence-corrected chi connectivity index (χ1v) is 5.93. The van der Waals surface area contributed by atoms with Crippen LogP contribution in [-0.2, 0) is 0 Å². The molecule has 2 aliphatic heterocycles. The van der Waals surface area contributed by atoms with Crippen LogP contribution in [0.5, 0.6) is 0 Å². The number of hydrogen-bond donors (Lipinski definition) is 0. The van der Waals surface area contributed by atoms with Crippen molar-refractivity contribution in [1.82, 2.24) is 9.80 Å². The van der Waals surface area contributed by atoms with Crippen molar-refractivity contribution in [3.8, 4) is 0 Å². The third kappa shape index (κ3) is 1.82. The van der Waals surface area contributed by atoms with Crippen LogP contribution in [0.15, 0.2) is 0 Å². The first-order valence-electron chi connectivity index (χ1n) is 5.93. The number of fused-ring (bicyclic) bond motifs is 1. The monoisotopic (exact) mass is 196 g/mol. The van der Waals surface area contributed by atoms with Crippen molar-refractivity contribution in [2.24, 2.45) is 11.3 Å². The van der Waals surface area contributed by atoms with Crippen LogP contribution in [-0.4, -0.2) is 42.6 Å². The maximum atomic E-state index is 2.66. The van der Waals surface area contributed by atoms with Gasteiger partial charge < -0.3 is 0 Å². The van der Waals surface area contributed by atoms with Crippen molar-refractivity contribution in [3.05, 3.63) is 0 Å². The van der Waals surface area contributed by atoms with Crippen molar-refractivity contribution in [2.45, 2.75) is 39.8 Å². The standard InChI is InChI=1S/C12H24N2/c1-12(2,3)10-5-6-14-8-7-13(4)11(14)9-10/h10-11H,5-9H2,1-4H3. The molecule has 0 saturated carbocycles. The highest BCUT2D eigenvalue weighted by Crippen LogP contribution is 2.38. The Morgan fingerprint density at radius 2 is 1.79 bits per heavy atom. The third-order valence-electron chi connectivity index (χ3n) is 4.16. The Labute approximate surface area is 88.3 Å². The van der Waals surface area contributed by atoms with Crippen molar-refractivity contribution < 1.29 is 0 Å². The number of piperidine rings is 1. The lowest BCUT2D eigenvalue weighted by Crippen LogP contribution is -2.46. The van der Waals surface area contributed by atoms with Crippen molar-refractivity contribution in [3.63, 3.8) is 0 Å². The van der Waals surface area contributed by atoms with Gasteiger partial charge in [0.2, 0.25) is 0 Å². The summed E-state index contributed by atoms with van der Waals surface area (Å²) < 4.78 is 0. The average molecular weight is 196 g/mol. The number of hydrogen-bond acceptors (Lipinski definition) is 2. The van der Waals surface area contributed by atoms with Crippen LogP contribution in [0.2, 0.25) is 0 Å². The molecule has 2 aliphatic rings. The molecule has 2 heteroatoms. The summed E-state index contributed by atoms with van der Waals surface area (Å²) in [5.41, 5.74) is 0.496. The molecule has 0 aromatic carbocycles. The molecule has 82 valence electrons. The minimum atomic E-state index is 0.496. The number of rotatable bonds is 0. The molecular weight excluding hydrogens is 172 g/mol. The van der Waals surface area contributed by atoms with Gasteiger partial charge >= 0.3 is 0 Å². The molecular formula is C12H24N2. The molecule has 2 fully saturated rings. The lowest BCUT2D eigenvalue weighted by molar-refractivity contribution is 0.0403. The van der Waals surface area contributed by atoms with Gasteiger partial charge in [0.1, 0.15) is 0 Å². The summed E-state index contributed by atoms with van der Waals surface area (Å²) in [6.07, 6.45) is 3.52. The highest BCUT2D eigenvalue weighted by molar-refractivity contribution is 4.89. The Kier molecular flexibility index (Phi) is 2.61. The van der Waals surface area contributed by atoms with Gasteiger partial charge in [-0.15, -0.1) is 0 Å². The lowest BCUT2D eigenvalue weighted by atomic mass is 9.74. The van der Waals surface area contributed by atoms with E-state index in [1.807, 2.05) is 0 Å². The van der Waals surface area contributed by atoms with Crippen LogP contribution < -0.4 is 0 Å². The van der Waals surface area contributed by atoms with E-state index in [9.17, 15) is 0 Å². The minimum Gasteiger partial charge on any atom is -0.290 e. The van der Waals surface area contributed by atoms with E-state index in [1.165, 1.54) is 32.5 Å². The zero-order valence-corrected chi connectivity index (χ0v) is 10.1. The fraction of sp³-hybridized carbons (Fsp3) is 1.00. The minimum absolute atomic E-state index is 0.496. The maximum Gasteiger partial charge on any atom is 0.0623 e. The van der Waals surface area contributed by atoms with Crippen LogP contribution in [0.25, 0.3) is 0 Å². The highest BCUT2D eigenvalue weighted by atomic mass is 15.4. The van der Waals surface area contributed by atoms with Crippen LogP contribution in [0.4, 0.5) is 0 Å². The van der Waals surface area contributed by atoms with E-state index < -0.39 is 0 Å². The van der Waals surface area contributed by atoms with Gasteiger partial charge in [-0.1, -0.05) is 20.8 Å². The zero-order chi connectivity index (χ0) is 10.3. The zero-order valence-electron chi connectivity index (χ0n) is 10.1. The van der Waals surface area contributed by atoms with Gasteiger partial charge in [0, 0.05) is 13.1 Å². The van der Waals surface area contributed by atoms with E-state index in [1.54, 1.807) is 0 Å². The molecule has 14 heavy (non-hydrogen) atoms. The second-order valence-corrected chi connectivity index (χ2v) is 6.08. The molecule has 0 N–H and O–H groups in total. The second-order valence-electron chi connectivity index (χ2n) is 6.08. The summed E-state index contributed by atoms with van der Waals surface area (Å²) in [5, 5.41) is 0. The fourth-order valence-electron chi connectivity index (χ4n) is 2.93. The summed E-state index contributed by atoms with van der Waals surface area (Å²) in [6.45, 7) is 11.0. The van der Waals surface area contributed by atoms with Gasteiger partial charge in [-0.05, 0) is 37.8 Å². The summed E-state index contributed by atoms with van der Waals surface area (Å²) in [7, 11) is 2.27. The first kappa shape index (κ1) is 10.4. The molecule has 2 nitrogen and oxygen atoms in total. The molecule has 0 amide bonds. The Bertz CT molecular complexity index is 207. The van der Waals surface area contributed by atoms with Crippen molar-refractivity contribution in [1.29, 1.82) is 0 Å². The van der Waals surface area contributed by atoms with E-state index in [-0.39, 0.29) is 0 Å². The predicted octanol–water partition coefficient (Wildman–Crippen LogP) is 2.02. The van der Waals surface area contributed by atoms with E-state index in [0.717, 1.165) is 12.1 Å². The van der Waals surface area contributed by atoms with Crippen LogP contribution in [0.1, 0.15) is 33.6 Å². The van der Waals surface area contributed by atoms with Crippen LogP contribution in [0, 0.1) is 11.3 Å². The molecule has 2 atom stereocenters. The highest BCUT2D eigenvalue weighted by Gasteiger charge is 2.38. The Balaban J connectivity index is 2.02. The molecule has 0 aliphatic carbocycles. The van der Waals surface area contributed by atoms with E-state index >= 15 is 0 Å². The van der Waals surface area contributed by atoms with Crippen molar-refractivity contribution >= 4 is 0 Å². The largest absolute Gasteiger partial charge is 0.290 e. The SMILES string of the molecule is CN1CCN2CCC(C(C)(C)C)CC12. The topological polar surface area (TPSA) is 6.48 Å². The summed E-state index contributed by atoms with van der Waals surface area (Å²) >= 11 is 0. The van der Waals surface area contributed by atoms with E-state index in [4.69, 9.17) is 0 Å². The van der Waals surface area contributed by atoms with E-state index in [2.05, 4.69) is 37.6 Å². The smallest absolute Gasteiger partial charge is 0.0623 e. The maximum absolute atomic E-state index is 2.66. The molecule has 0 spiro atoms. The van der Waals surface area contributed by atoms with E-state index in [0.29, 0.717) is 5.41 Å². The molecule has 0 bridgehead atoms. The van der Waals surface area contributed by atoms with Gasteiger partial charge in [0.15, 0.2) is 0 Å². The molecule has 0 aromatic heterocycles. The van der Waals surface area contributed by atoms with Gasteiger partial charge in [-0.3, -0.25) is 9.80 Å². The fourth-order valence-corrected chi connectivity index (χ4v) is 2.93. The molecule has 2 heterocycles. The summed E-state index contributed by atoms with van der Waals surface area (Å²) in [6, 6.07) is 0. The molecule has 2 saturated heterocycles. The average Bonchev–Trinajstić information content (AvgIpc) is 2.46. The summed E-state index contributed by atoms with van der Waals surface area (Å²) in [5.74, 6) is 0.907. The Morgan fingerprint density at radius 3 is 2.43 bits per heavy atom. The van der Waals surface area contributed by atoms with Crippen molar-refractivity contribution in [2.75, 3.05) is 26.7 Å². The number of likely N-dealkylation sites (N-methyl/N-ethyl adjacent to an activating group) is 1. The number of nitrogens with zero attached hydrogens (tertiary/aromatic N) is 2. The lowest BCUT2D eigenvalue weighted by Gasteiger charge is -2.42. The van der Waals surface area contributed by atoms with Crippen LogP contribution >= 0.6 is 0 Å². The Hall–Kier alpha value is -0.0800. The molecule has 2 unspecified atom stereocenters. The van der Waals surface area contributed by atoms with Gasteiger partial charge in [-0.2, -0.15) is 0 Å². The predicted molar refractivity (Wildman–Crippen MR) is 60.2 cm³/mol. The normalized spacial score (nSPS) is 36.0. The van der Waals surface area contributed by atoms with Gasteiger partial charge in [-0.25, -0.2) is 0 Å². The second kappa shape index (κ2) is 3.49. The van der Waals surface area contributed by atoms with Gasteiger partial charge in [0.05, 0.1) is 6.17 Å².